The van der Waals surface area contributed by atoms with Crippen LogP contribution in [0.5, 0.6) is 0 Å². The third kappa shape index (κ3) is 4.89. The van der Waals surface area contributed by atoms with Crippen molar-refractivity contribution in [2.45, 2.75) is 0 Å². The molecule has 6 aromatic carbocycles. The molecule has 8 aromatic rings. The van der Waals surface area contributed by atoms with Crippen LogP contribution >= 0.6 is 0 Å². The number of benzene rings is 6. The maximum atomic E-state index is 4.84. The van der Waals surface area contributed by atoms with E-state index < -0.39 is 0 Å². The Morgan fingerprint density at radius 1 is 0.341 bits per heavy atom. The van der Waals surface area contributed by atoms with E-state index in [1.54, 1.807) is 0 Å². The number of hydrogen-bond donors (Lipinski definition) is 2. The average Bonchev–Trinajstić information content (AvgIpc) is 3.08. The van der Waals surface area contributed by atoms with E-state index >= 15 is 0 Å². The lowest BCUT2D eigenvalue weighted by Crippen LogP contribution is -1.95. The van der Waals surface area contributed by atoms with E-state index in [2.05, 4.69) is 144 Å². The van der Waals surface area contributed by atoms with Crippen LogP contribution in [0.4, 0.5) is 22.7 Å². The predicted molar refractivity (Wildman–Crippen MR) is 187 cm³/mol. The highest BCUT2D eigenvalue weighted by Crippen LogP contribution is 2.34. The highest BCUT2D eigenvalue weighted by Gasteiger charge is 2.10. The molecule has 208 valence electrons. The van der Waals surface area contributed by atoms with Crippen molar-refractivity contribution in [3.05, 3.63) is 157 Å². The molecule has 0 amide bonds. The lowest BCUT2D eigenvalue weighted by atomic mass is 10.1. The minimum absolute atomic E-state index is 0.983. The van der Waals surface area contributed by atoms with Gasteiger partial charge in [0.1, 0.15) is 0 Å². The molecular weight excluding hydrogens is 536 g/mol. The van der Waals surface area contributed by atoms with Crippen LogP contribution in [-0.2, 0) is 0 Å². The van der Waals surface area contributed by atoms with Gasteiger partial charge in [0, 0.05) is 32.9 Å². The first-order chi connectivity index (χ1) is 21.8. The van der Waals surface area contributed by atoms with Gasteiger partial charge in [-0.05, 0) is 59.7 Å². The molecule has 0 aliphatic rings. The maximum absolute atomic E-state index is 4.84. The fourth-order valence-corrected chi connectivity index (χ4v) is 5.79. The Bertz CT molecular complexity index is 2050. The largest absolute Gasteiger partial charge is 0.354 e. The predicted octanol–water partition coefficient (Wildman–Crippen LogP) is 10.7. The van der Waals surface area contributed by atoms with E-state index in [4.69, 9.17) is 9.97 Å². The molecule has 0 atom stereocenters. The van der Waals surface area contributed by atoms with Crippen molar-refractivity contribution < 1.29 is 0 Å². The number of nitrogens with zero attached hydrogens (tertiary/aromatic N) is 2. The third-order valence-corrected chi connectivity index (χ3v) is 8.00. The van der Waals surface area contributed by atoms with Crippen LogP contribution in [0, 0.1) is 0 Å². The number of nitrogens with one attached hydrogen (secondary N) is 2. The van der Waals surface area contributed by atoms with Crippen molar-refractivity contribution in [3.8, 4) is 0 Å². The number of hydrogen-bond acceptors (Lipinski definition) is 4. The SMILES string of the molecule is C(=C\c1ccc(Nc2c3ccccc3nc3ccccc23)cc1)/c1ccc(Nc2c3ccccc3nc3ccccc23)cc1. The molecule has 8 rings (SSSR count). The van der Waals surface area contributed by atoms with Gasteiger partial charge >= 0.3 is 0 Å². The number of para-hydroxylation sites is 4. The van der Waals surface area contributed by atoms with E-state index in [9.17, 15) is 0 Å². The summed E-state index contributed by atoms with van der Waals surface area (Å²) >= 11 is 0. The monoisotopic (exact) mass is 564 g/mol. The average molecular weight is 565 g/mol. The highest BCUT2D eigenvalue weighted by molar-refractivity contribution is 6.09. The number of aromatic nitrogens is 2. The summed E-state index contributed by atoms with van der Waals surface area (Å²) in [7, 11) is 0. The van der Waals surface area contributed by atoms with Gasteiger partial charge in [-0.1, -0.05) is 109 Å². The second-order valence-corrected chi connectivity index (χ2v) is 10.9. The molecule has 0 unspecified atom stereocenters. The molecule has 0 radical (unpaired) electrons. The molecular formula is C40H28N4. The quantitative estimate of drug-likeness (QED) is 0.156. The zero-order valence-electron chi connectivity index (χ0n) is 23.9. The first-order valence-electron chi connectivity index (χ1n) is 14.8. The molecule has 2 N–H and O–H groups in total. The second-order valence-electron chi connectivity index (χ2n) is 10.9. The van der Waals surface area contributed by atoms with E-state index in [-0.39, 0.29) is 0 Å². The van der Waals surface area contributed by atoms with Crippen molar-refractivity contribution in [1.29, 1.82) is 0 Å². The Kier molecular flexibility index (Phi) is 6.43. The van der Waals surface area contributed by atoms with Crippen LogP contribution < -0.4 is 10.6 Å². The molecule has 44 heavy (non-hydrogen) atoms. The van der Waals surface area contributed by atoms with E-state index in [1.165, 1.54) is 0 Å². The van der Waals surface area contributed by atoms with E-state index in [1.807, 2.05) is 24.3 Å². The molecule has 2 aromatic heterocycles. The molecule has 4 nitrogen and oxygen atoms in total. The van der Waals surface area contributed by atoms with Crippen LogP contribution in [0.15, 0.2) is 146 Å². The Morgan fingerprint density at radius 3 is 0.955 bits per heavy atom. The molecule has 2 heterocycles. The molecule has 0 saturated carbocycles. The van der Waals surface area contributed by atoms with Crippen molar-refractivity contribution in [3.63, 3.8) is 0 Å². The fourth-order valence-electron chi connectivity index (χ4n) is 5.79. The zero-order chi connectivity index (χ0) is 29.3. The van der Waals surface area contributed by atoms with Crippen molar-refractivity contribution in [2.75, 3.05) is 10.6 Å². The lowest BCUT2D eigenvalue weighted by molar-refractivity contribution is 1.48. The summed E-state index contributed by atoms with van der Waals surface area (Å²) in [6, 6.07) is 50.2. The Labute approximate surface area is 255 Å². The minimum atomic E-state index is 0.983. The fraction of sp³-hybridized carbons (Fsp3) is 0. The molecule has 0 fully saturated rings. The highest BCUT2D eigenvalue weighted by atomic mass is 14.9. The summed E-state index contributed by atoms with van der Waals surface area (Å²) < 4.78 is 0. The van der Waals surface area contributed by atoms with Gasteiger partial charge < -0.3 is 10.6 Å². The van der Waals surface area contributed by atoms with Gasteiger partial charge in [-0.25, -0.2) is 9.97 Å². The second kappa shape index (κ2) is 11.0. The van der Waals surface area contributed by atoms with Crippen LogP contribution in [0.2, 0.25) is 0 Å². The smallest absolute Gasteiger partial charge is 0.0730 e. The lowest BCUT2D eigenvalue weighted by Gasteiger charge is -2.13. The molecule has 0 saturated heterocycles. The standard InChI is InChI=1S/C40H28N4/c1-5-13-35-31(9-1)39(32-10-2-6-14-36(32)43-35)41-29-23-19-27(20-24-29)17-18-28-21-25-30(26-22-28)42-40-33-11-3-7-15-37(33)44-38-16-8-4-12-34(38)40/h1-26H,(H,41,43)(H,42,44)/b18-17+. The number of anilines is 4. The van der Waals surface area contributed by atoms with Crippen LogP contribution in [-0.4, -0.2) is 9.97 Å². The van der Waals surface area contributed by atoms with Gasteiger partial charge in [0.15, 0.2) is 0 Å². The maximum Gasteiger partial charge on any atom is 0.0730 e. The topological polar surface area (TPSA) is 49.8 Å². The molecule has 0 aliphatic heterocycles. The number of pyridine rings is 2. The first-order valence-corrected chi connectivity index (χ1v) is 14.8. The van der Waals surface area contributed by atoms with Gasteiger partial charge in [0.2, 0.25) is 0 Å². The van der Waals surface area contributed by atoms with Crippen molar-refractivity contribution in [1.82, 2.24) is 9.97 Å². The summed E-state index contributed by atoms with van der Waals surface area (Å²) in [5.41, 5.74) is 10.4. The first kappa shape index (κ1) is 25.7. The zero-order valence-corrected chi connectivity index (χ0v) is 23.9. The van der Waals surface area contributed by atoms with Gasteiger partial charge in [-0.2, -0.15) is 0 Å². The van der Waals surface area contributed by atoms with Gasteiger partial charge in [0.25, 0.3) is 0 Å². The van der Waals surface area contributed by atoms with E-state index in [0.29, 0.717) is 0 Å². The third-order valence-electron chi connectivity index (χ3n) is 8.00. The van der Waals surface area contributed by atoms with Gasteiger partial charge in [-0.3, -0.25) is 0 Å². The minimum Gasteiger partial charge on any atom is -0.354 e. The van der Waals surface area contributed by atoms with Gasteiger partial charge in [-0.15, -0.1) is 0 Å². The summed E-state index contributed by atoms with van der Waals surface area (Å²) in [5, 5.41) is 11.8. The van der Waals surface area contributed by atoms with Crippen LogP contribution in [0.3, 0.4) is 0 Å². The number of fused-ring (bicyclic) bond motifs is 4. The molecule has 0 spiro atoms. The summed E-state index contributed by atoms with van der Waals surface area (Å²) in [4.78, 5) is 9.68. The number of rotatable bonds is 6. The van der Waals surface area contributed by atoms with Crippen molar-refractivity contribution >= 4 is 78.5 Å². The summed E-state index contributed by atoms with van der Waals surface area (Å²) in [6.45, 7) is 0. The Hall–Kier alpha value is -6.00. The molecule has 0 aliphatic carbocycles. The molecule has 4 heteroatoms. The van der Waals surface area contributed by atoms with Crippen molar-refractivity contribution in [2.24, 2.45) is 0 Å². The van der Waals surface area contributed by atoms with Gasteiger partial charge in [0.05, 0.1) is 33.4 Å². The van der Waals surface area contributed by atoms with Crippen LogP contribution in [0.25, 0.3) is 55.8 Å². The van der Waals surface area contributed by atoms with E-state index in [0.717, 1.165) is 77.5 Å². The molecule has 0 bridgehead atoms. The Morgan fingerprint density at radius 2 is 0.636 bits per heavy atom. The Balaban J connectivity index is 1.01. The summed E-state index contributed by atoms with van der Waals surface area (Å²) in [5.74, 6) is 0. The summed E-state index contributed by atoms with van der Waals surface area (Å²) in [6.07, 6.45) is 4.29. The normalized spacial score (nSPS) is 11.5. The van der Waals surface area contributed by atoms with Crippen LogP contribution in [0.1, 0.15) is 11.1 Å².